The molecule has 0 aliphatic carbocycles. The molecule has 18 heavy (non-hydrogen) atoms. The summed E-state index contributed by atoms with van der Waals surface area (Å²) in [5, 5.41) is 3.18. The summed E-state index contributed by atoms with van der Waals surface area (Å²) in [6, 6.07) is 0. The first-order valence-corrected chi connectivity index (χ1v) is 6.42. The number of carbonyl (C=O) groups is 1. The minimum absolute atomic E-state index is 0.0155. The van der Waals surface area contributed by atoms with Crippen LogP contribution in [0.3, 0.4) is 0 Å². The lowest BCUT2D eigenvalue weighted by Gasteiger charge is -2.37. The molecule has 1 aromatic rings. The number of carbonyl (C=O) groups excluding carboxylic acids is 1. The van der Waals surface area contributed by atoms with Gasteiger partial charge in [0.1, 0.15) is 5.69 Å². The van der Waals surface area contributed by atoms with Crippen LogP contribution in [0.1, 0.15) is 17.4 Å². The third-order valence-electron chi connectivity index (χ3n) is 2.71. The fraction of sp³-hybridized carbons (Fsp3) is 0.455. The van der Waals surface area contributed by atoms with Crippen molar-refractivity contribution in [2.24, 2.45) is 5.41 Å². The van der Waals surface area contributed by atoms with Gasteiger partial charge in [0.2, 0.25) is 0 Å². The summed E-state index contributed by atoms with van der Waals surface area (Å²) in [4.78, 5) is 15.8. The number of pyridine rings is 1. The normalized spacial score (nSPS) is 17.1. The second kappa shape index (κ2) is 5.21. The third kappa shape index (κ3) is 2.72. The van der Waals surface area contributed by atoms with Gasteiger partial charge in [-0.05, 0) is 0 Å². The van der Waals surface area contributed by atoms with Crippen molar-refractivity contribution in [3.63, 3.8) is 0 Å². The van der Waals surface area contributed by atoms with Crippen LogP contribution >= 0.6 is 34.8 Å². The van der Waals surface area contributed by atoms with E-state index in [2.05, 4.69) is 10.3 Å². The van der Waals surface area contributed by atoms with Crippen LogP contribution in [-0.4, -0.2) is 30.6 Å². The number of nitrogens with zero attached hydrogens (tertiary/aromatic N) is 1. The highest BCUT2D eigenvalue weighted by molar-refractivity contribution is 6.48. The zero-order chi connectivity index (χ0) is 13.3. The number of hydrogen-bond acceptors (Lipinski definition) is 3. The second-order valence-corrected chi connectivity index (χ2v) is 5.73. The Kier molecular flexibility index (Phi) is 4.02. The number of ether oxygens (including phenoxy) is 1. The van der Waals surface area contributed by atoms with Crippen molar-refractivity contribution in [3.05, 3.63) is 27.0 Å². The Labute approximate surface area is 120 Å². The Morgan fingerprint density at radius 2 is 2.11 bits per heavy atom. The maximum atomic E-state index is 11.9. The molecule has 1 aliphatic heterocycles. The molecule has 0 spiro atoms. The van der Waals surface area contributed by atoms with Crippen molar-refractivity contribution in [2.75, 3.05) is 19.8 Å². The van der Waals surface area contributed by atoms with Crippen LogP contribution in [0.25, 0.3) is 0 Å². The number of hydrogen-bond donors (Lipinski definition) is 1. The van der Waals surface area contributed by atoms with E-state index < -0.39 is 0 Å². The Hall–Kier alpha value is -0.550. The van der Waals surface area contributed by atoms with Crippen LogP contribution in [0.5, 0.6) is 0 Å². The molecular weight excluding hydrogens is 298 g/mol. The minimum atomic E-state index is -0.369. The maximum Gasteiger partial charge on any atom is 0.271 e. The van der Waals surface area contributed by atoms with E-state index in [1.807, 2.05) is 6.92 Å². The molecule has 7 heteroatoms. The van der Waals surface area contributed by atoms with Crippen molar-refractivity contribution in [2.45, 2.75) is 6.92 Å². The molecule has 0 bridgehead atoms. The van der Waals surface area contributed by atoms with Gasteiger partial charge in [0, 0.05) is 18.2 Å². The lowest BCUT2D eigenvalue weighted by Crippen LogP contribution is -2.48. The molecule has 1 aliphatic rings. The van der Waals surface area contributed by atoms with Crippen LogP contribution in [0.2, 0.25) is 15.1 Å². The van der Waals surface area contributed by atoms with E-state index in [1.165, 1.54) is 6.20 Å². The number of rotatable bonds is 3. The minimum Gasteiger partial charge on any atom is -0.380 e. The van der Waals surface area contributed by atoms with Crippen LogP contribution in [0.15, 0.2) is 6.20 Å². The van der Waals surface area contributed by atoms with Crippen molar-refractivity contribution >= 4 is 40.7 Å². The van der Waals surface area contributed by atoms with Gasteiger partial charge in [-0.2, -0.15) is 0 Å². The standard InChI is InChI=1S/C11H11Cl3N2O2/c1-11(4-18-5-11)3-16-10(17)9-8(14)7(13)6(12)2-15-9/h2H,3-5H2,1H3,(H,16,17). The summed E-state index contributed by atoms with van der Waals surface area (Å²) < 4.78 is 5.10. The van der Waals surface area contributed by atoms with Gasteiger partial charge in [-0.1, -0.05) is 41.7 Å². The summed E-state index contributed by atoms with van der Waals surface area (Å²) >= 11 is 17.5. The van der Waals surface area contributed by atoms with Gasteiger partial charge in [0.15, 0.2) is 0 Å². The second-order valence-electron chi connectivity index (χ2n) is 4.57. The Bertz CT molecular complexity index is 489. The molecular formula is C11H11Cl3N2O2. The SMILES string of the molecule is CC1(CNC(=O)c2ncc(Cl)c(Cl)c2Cl)COC1. The predicted molar refractivity (Wildman–Crippen MR) is 70.5 cm³/mol. The van der Waals surface area contributed by atoms with Gasteiger partial charge in [0.25, 0.3) is 5.91 Å². The van der Waals surface area contributed by atoms with Crippen molar-refractivity contribution in [1.29, 1.82) is 0 Å². The highest BCUT2D eigenvalue weighted by Crippen LogP contribution is 2.31. The highest BCUT2D eigenvalue weighted by atomic mass is 35.5. The van der Waals surface area contributed by atoms with Crippen LogP contribution in [-0.2, 0) is 4.74 Å². The van der Waals surface area contributed by atoms with Crippen LogP contribution in [0.4, 0.5) is 0 Å². The lowest BCUT2D eigenvalue weighted by atomic mass is 9.89. The molecule has 4 nitrogen and oxygen atoms in total. The van der Waals surface area contributed by atoms with Gasteiger partial charge in [-0.25, -0.2) is 4.98 Å². The average molecular weight is 310 g/mol. The molecule has 2 heterocycles. The van der Waals surface area contributed by atoms with E-state index in [-0.39, 0.29) is 32.1 Å². The quantitative estimate of drug-likeness (QED) is 0.934. The summed E-state index contributed by atoms with van der Waals surface area (Å²) in [5.41, 5.74) is 0.0631. The van der Waals surface area contributed by atoms with E-state index in [0.717, 1.165) is 0 Å². The molecule has 1 fully saturated rings. The molecule has 2 rings (SSSR count). The fourth-order valence-electron chi connectivity index (χ4n) is 1.53. The van der Waals surface area contributed by atoms with E-state index in [0.29, 0.717) is 19.8 Å². The van der Waals surface area contributed by atoms with Gasteiger partial charge >= 0.3 is 0 Å². The van der Waals surface area contributed by atoms with Crippen LogP contribution < -0.4 is 5.32 Å². The number of nitrogens with one attached hydrogen (secondary N) is 1. The smallest absolute Gasteiger partial charge is 0.271 e. The summed E-state index contributed by atoms with van der Waals surface area (Å²) in [6.07, 6.45) is 1.30. The van der Waals surface area contributed by atoms with Crippen molar-refractivity contribution < 1.29 is 9.53 Å². The molecule has 1 amide bonds. The maximum absolute atomic E-state index is 11.9. The monoisotopic (exact) mass is 308 g/mol. The lowest BCUT2D eigenvalue weighted by molar-refractivity contribution is -0.0978. The van der Waals surface area contributed by atoms with Crippen molar-refractivity contribution in [1.82, 2.24) is 10.3 Å². The molecule has 0 aromatic carbocycles. The summed E-state index contributed by atoms with van der Waals surface area (Å²) in [7, 11) is 0. The Morgan fingerprint density at radius 1 is 1.44 bits per heavy atom. The van der Waals surface area contributed by atoms with E-state index in [4.69, 9.17) is 39.5 Å². The number of amides is 1. The van der Waals surface area contributed by atoms with Crippen molar-refractivity contribution in [3.8, 4) is 0 Å². The van der Waals surface area contributed by atoms with Gasteiger partial charge in [0.05, 0.1) is 28.3 Å². The zero-order valence-electron chi connectivity index (χ0n) is 9.60. The van der Waals surface area contributed by atoms with E-state index in [9.17, 15) is 4.79 Å². The van der Waals surface area contributed by atoms with Crippen LogP contribution in [0, 0.1) is 5.41 Å². The topological polar surface area (TPSA) is 51.2 Å². The molecule has 0 unspecified atom stereocenters. The molecule has 0 radical (unpaired) electrons. The molecule has 1 saturated heterocycles. The number of halogens is 3. The summed E-state index contributed by atoms with van der Waals surface area (Å²) in [6.45, 7) is 3.80. The van der Waals surface area contributed by atoms with Gasteiger partial charge < -0.3 is 10.1 Å². The Balaban J connectivity index is 2.07. The first-order chi connectivity index (χ1) is 8.43. The van der Waals surface area contributed by atoms with E-state index >= 15 is 0 Å². The fourth-order valence-corrected chi connectivity index (χ4v) is 2.10. The van der Waals surface area contributed by atoms with E-state index in [1.54, 1.807) is 0 Å². The van der Waals surface area contributed by atoms with Gasteiger partial charge in [-0.15, -0.1) is 0 Å². The third-order valence-corrected chi connectivity index (χ3v) is 3.95. The van der Waals surface area contributed by atoms with Gasteiger partial charge in [-0.3, -0.25) is 4.79 Å². The molecule has 0 saturated carbocycles. The first-order valence-electron chi connectivity index (χ1n) is 5.28. The highest BCUT2D eigenvalue weighted by Gasteiger charge is 2.34. The molecule has 1 N–H and O–H groups in total. The largest absolute Gasteiger partial charge is 0.380 e. The first kappa shape index (κ1) is 13.9. The molecule has 1 aromatic heterocycles. The number of aromatic nitrogens is 1. The zero-order valence-corrected chi connectivity index (χ0v) is 11.9. The molecule has 98 valence electrons. The molecule has 0 atom stereocenters. The summed E-state index contributed by atoms with van der Waals surface area (Å²) in [5.74, 6) is -0.369. The Morgan fingerprint density at radius 3 is 2.67 bits per heavy atom. The average Bonchev–Trinajstić information content (AvgIpc) is 2.31. The predicted octanol–water partition coefficient (Wildman–Crippen LogP) is 2.81.